The molecule has 3 nitrogen and oxygen atoms in total. The lowest BCUT2D eigenvalue weighted by Gasteiger charge is -2.03. The van der Waals surface area contributed by atoms with Gasteiger partial charge in [0.05, 0.1) is 6.54 Å². The molecule has 0 aromatic carbocycles. The summed E-state index contributed by atoms with van der Waals surface area (Å²) in [5, 5.41) is 6.82. The Morgan fingerprint density at radius 3 is 2.07 bits per heavy atom. The maximum atomic E-state index is 6.64. The van der Waals surface area contributed by atoms with Crippen LogP contribution in [-0.2, 0) is 0 Å². The minimum Gasteiger partial charge on any atom is -0.317 e. The van der Waals surface area contributed by atoms with Gasteiger partial charge in [-0.15, -0.1) is 0 Å². The molecule has 0 unspecified atom stereocenters. The minimum absolute atomic E-state index is 0.713. The topological polar surface area (TPSA) is 48.2 Å². The highest BCUT2D eigenvalue weighted by molar-refractivity contribution is 4.50. The molecule has 0 saturated heterocycles. The molecule has 0 spiro atoms. The van der Waals surface area contributed by atoms with E-state index in [4.69, 9.17) is 5.53 Å². The Hall–Kier alpha value is -0.440. The predicted molar refractivity (Wildman–Crippen MR) is 65.5 cm³/mol. The standard InChI is InChI=1S/C12H27N3/c1-2-3-4-7-10-14-11-8-5-6-9-12-15-13/h13-14H,2-12H2,1H3. The van der Waals surface area contributed by atoms with Crippen molar-refractivity contribution in [2.45, 2.75) is 58.3 Å². The highest BCUT2D eigenvalue weighted by atomic mass is 14.9. The van der Waals surface area contributed by atoms with Crippen LogP contribution >= 0.6 is 0 Å². The summed E-state index contributed by atoms with van der Waals surface area (Å²) in [6, 6.07) is 0. The molecule has 0 aromatic rings. The van der Waals surface area contributed by atoms with Gasteiger partial charge in [0.2, 0.25) is 0 Å². The lowest BCUT2D eigenvalue weighted by Crippen LogP contribution is -2.16. The van der Waals surface area contributed by atoms with Gasteiger partial charge >= 0.3 is 0 Å². The number of unbranched alkanes of at least 4 members (excludes halogenated alkanes) is 6. The molecule has 0 rings (SSSR count). The third-order valence-electron chi connectivity index (χ3n) is 2.58. The normalized spacial score (nSPS) is 10.5. The Morgan fingerprint density at radius 1 is 0.867 bits per heavy atom. The van der Waals surface area contributed by atoms with Crippen molar-refractivity contribution in [1.29, 1.82) is 5.53 Å². The van der Waals surface area contributed by atoms with Gasteiger partial charge in [-0.05, 0) is 32.4 Å². The van der Waals surface area contributed by atoms with E-state index in [9.17, 15) is 0 Å². The molecule has 3 heteroatoms. The van der Waals surface area contributed by atoms with Gasteiger partial charge < -0.3 is 5.32 Å². The fraction of sp³-hybridized carbons (Fsp3) is 1.00. The van der Waals surface area contributed by atoms with Crippen LogP contribution in [0, 0.1) is 5.53 Å². The molecule has 0 atom stereocenters. The third kappa shape index (κ3) is 13.6. The van der Waals surface area contributed by atoms with Crippen LogP contribution in [0.25, 0.3) is 0 Å². The zero-order valence-electron chi connectivity index (χ0n) is 10.2. The zero-order valence-corrected chi connectivity index (χ0v) is 10.2. The summed E-state index contributed by atoms with van der Waals surface area (Å²) in [4.78, 5) is 0. The Bertz CT molecular complexity index is 126. The van der Waals surface area contributed by atoms with E-state index in [2.05, 4.69) is 17.4 Å². The van der Waals surface area contributed by atoms with Gasteiger partial charge in [-0.25, -0.2) is 5.53 Å². The van der Waals surface area contributed by atoms with Crippen LogP contribution in [0.5, 0.6) is 0 Å². The highest BCUT2D eigenvalue weighted by Gasteiger charge is 1.90. The van der Waals surface area contributed by atoms with Crippen molar-refractivity contribution in [1.82, 2.24) is 5.32 Å². The number of rotatable bonds is 12. The predicted octanol–water partition coefficient (Wildman–Crippen LogP) is 3.75. The fourth-order valence-corrected chi connectivity index (χ4v) is 1.60. The molecular weight excluding hydrogens is 186 g/mol. The first-order valence-corrected chi connectivity index (χ1v) is 6.45. The van der Waals surface area contributed by atoms with Crippen molar-refractivity contribution in [3.63, 3.8) is 0 Å². The summed E-state index contributed by atoms with van der Waals surface area (Å²) in [6.45, 7) is 5.30. The van der Waals surface area contributed by atoms with Gasteiger partial charge in [0.25, 0.3) is 0 Å². The van der Waals surface area contributed by atoms with E-state index < -0.39 is 0 Å². The van der Waals surface area contributed by atoms with Crippen LogP contribution in [0.4, 0.5) is 0 Å². The first kappa shape index (κ1) is 14.6. The summed E-state index contributed by atoms with van der Waals surface area (Å²) in [5.41, 5.74) is 6.64. The molecule has 0 aliphatic rings. The average Bonchev–Trinajstić information content (AvgIpc) is 2.26. The van der Waals surface area contributed by atoms with Crippen molar-refractivity contribution in [3.8, 4) is 0 Å². The van der Waals surface area contributed by atoms with Gasteiger partial charge in [0.15, 0.2) is 0 Å². The molecule has 0 aliphatic heterocycles. The molecule has 0 radical (unpaired) electrons. The SMILES string of the molecule is CCCCCCNCCCCCCN=N. The van der Waals surface area contributed by atoms with E-state index in [1.54, 1.807) is 0 Å². The maximum absolute atomic E-state index is 6.64. The van der Waals surface area contributed by atoms with Crippen molar-refractivity contribution in [3.05, 3.63) is 0 Å². The van der Waals surface area contributed by atoms with Crippen LogP contribution in [0.1, 0.15) is 58.3 Å². The minimum atomic E-state index is 0.713. The number of nitrogens with zero attached hydrogens (tertiary/aromatic N) is 1. The monoisotopic (exact) mass is 213 g/mol. The first-order chi connectivity index (χ1) is 7.41. The van der Waals surface area contributed by atoms with E-state index in [0.29, 0.717) is 6.54 Å². The number of nitrogens with one attached hydrogen (secondary N) is 2. The maximum Gasteiger partial charge on any atom is 0.0596 e. The van der Waals surface area contributed by atoms with E-state index >= 15 is 0 Å². The van der Waals surface area contributed by atoms with Crippen LogP contribution in [0.2, 0.25) is 0 Å². The Labute approximate surface area is 94.5 Å². The summed E-state index contributed by atoms with van der Waals surface area (Å²) >= 11 is 0. The lowest BCUT2D eigenvalue weighted by molar-refractivity contribution is 0.559. The Balaban J connectivity index is 2.83. The second-order valence-electron chi connectivity index (χ2n) is 4.11. The van der Waals surface area contributed by atoms with E-state index in [1.807, 2.05) is 0 Å². The van der Waals surface area contributed by atoms with Crippen LogP contribution < -0.4 is 5.32 Å². The number of hydrogen-bond acceptors (Lipinski definition) is 3. The van der Waals surface area contributed by atoms with Gasteiger partial charge in [-0.1, -0.05) is 39.0 Å². The average molecular weight is 213 g/mol. The summed E-state index contributed by atoms with van der Waals surface area (Å²) < 4.78 is 0. The summed E-state index contributed by atoms with van der Waals surface area (Å²) in [5.74, 6) is 0. The van der Waals surface area contributed by atoms with E-state index in [0.717, 1.165) is 13.0 Å². The molecule has 0 heterocycles. The van der Waals surface area contributed by atoms with Crippen LogP contribution in [0.15, 0.2) is 5.11 Å². The van der Waals surface area contributed by atoms with Gasteiger partial charge in [-0.3, -0.25) is 0 Å². The molecular formula is C12H27N3. The second kappa shape index (κ2) is 13.6. The van der Waals surface area contributed by atoms with Crippen molar-refractivity contribution in [2.75, 3.05) is 19.6 Å². The Kier molecular flexibility index (Phi) is 13.2. The van der Waals surface area contributed by atoms with Crippen molar-refractivity contribution in [2.24, 2.45) is 5.11 Å². The Morgan fingerprint density at radius 2 is 1.47 bits per heavy atom. The molecule has 15 heavy (non-hydrogen) atoms. The molecule has 2 N–H and O–H groups in total. The van der Waals surface area contributed by atoms with Crippen LogP contribution in [-0.4, -0.2) is 19.6 Å². The lowest BCUT2D eigenvalue weighted by atomic mass is 10.2. The molecule has 0 aromatic heterocycles. The smallest absolute Gasteiger partial charge is 0.0596 e. The van der Waals surface area contributed by atoms with Crippen molar-refractivity contribution < 1.29 is 0 Å². The molecule has 0 bridgehead atoms. The fourth-order valence-electron chi connectivity index (χ4n) is 1.60. The van der Waals surface area contributed by atoms with E-state index in [-0.39, 0.29) is 0 Å². The molecule has 0 fully saturated rings. The third-order valence-corrected chi connectivity index (χ3v) is 2.58. The van der Waals surface area contributed by atoms with Crippen LogP contribution in [0.3, 0.4) is 0 Å². The molecule has 0 aliphatic carbocycles. The largest absolute Gasteiger partial charge is 0.317 e. The quantitative estimate of drug-likeness (QED) is 0.376. The van der Waals surface area contributed by atoms with E-state index in [1.165, 1.54) is 51.5 Å². The summed E-state index contributed by atoms with van der Waals surface area (Å²) in [6.07, 6.45) is 10.2. The highest BCUT2D eigenvalue weighted by Crippen LogP contribution is 2.00. The zero-order chi connectivity index (χ0) is 11.2. The molecule has 0 amide bonds. The second-order valence-corrected chi connectivity index (χ2v) is 4.11. The summed E-state index contributed by atoms with van der Waals surface area (Å²) in [7, 11) is 0. The number of hydrogen-bond donors (Lipinski definition) is 2. The first-order valence-electron chi connectivity index (χ1n) is 6.45. The molecule has 90 valence electrons. The van der Waals surface area contributed by atoms with Gasteiger partial charge in [-0.2, -0.15) is 5.11 Å². The van der Waals surface area contributed by atoms with Gasteiger partial charge in [0, 0.05) is 0 Å². The van der Waals surface area contributed by atoms with Crippen molar-refractivity contribution >= 4 is 0 Å². The molecule has 0 saturated carbocycles. The van der Waals surface area contributed by atoms with Gasteiger partial charge in [0.1, 0.15) is 0 Å².